The monoisotopic (exact) mass is 334 g/mol. The Morgan fingerprint density at radius 1 is 0.920 bits per heavy atom. The predicted octanol–water partition coefficient (Wildman–Crippen LogP) is 3.55. The summed E-state index contributed by atoms with van der Waals surface area (Å²) in [7, 11) is 1.52. The highest BCUT2D eigenvalue weighted by molar-refractivity contribution is 5.95. The van der Waals surface area contributed by atoms with Gasteiger partial charge in [0.15, 0.2) is 6.10 Å². The molecule has 6 heteroatoms. The van der Waals surface area contributed by atoms with Crippen molar-refractivity contribution in [1.82, 2.24) is 9.97 Å². The molecule has 0 saturated heterocycles. The van der Waals surface area contributed by atoms with Crippen LogP contribution < -0.4 is 10.6 Å². The number of amides is 1. The maximum atomic E-state index is 12.4. The Hall–Kier alpha value is -3.25. The Labute approximate surface area is 145 Å². The van der Waals surface area contributed by atoms with Crippen LogP contribution in [-0.2, 0) is 9.53 Å². The molecule has 6 nitrogen and oxygen atoms in total. The predicted molar refractivity (Wildman–Crippen MR) is 96.6 cm³/mol. The van der Waals surface area contributed by atoms with Gasteiger partial charge in [-0.2, -0.15) is 0 Å². The first-order valence-electron chi connectivity index (χ1n) is 7.79. The van der Waals surface area contributed by atoms with Gasteiger partial charge in [-0.3, -0.25) is 4.79 Å². The lowest BCUT2D eigenvalue weighted by Gasteiger charge is -2.16. The molecule has 1 atom stereocenters. The fourth-order valence-corrected chi connectivity index (χ4v) is 2.36. The van der Waals surface area contributed by atoms with E-state index >= 15 is 0 Å². The van der Waals surface area contributed by atoms with Crippen LogP contribution in [0.5, 0.6) is 0 Å². The first kappa shape index (κ1) is 16.6. The van der Waals surface area contributed by atoms with Crippen LogP contribution in [0, 0.1) is 0 Å². The molecule has 0 fully saturated rings. The third kappa shape index (κ3) is 4.39. The van der Waals surface area contributed by atoms with E-state index in [4.69, 9.17) is 4.74 Å². The van der Waals surface area contributed by atoms with Crippen LogP contribution in [0.15, 0.2) is 73.1 Å². The quantitative estimate of drug-likeness (QED) is 0.721. The summed E-state index contributed by atoms with van der Waals surface area (Å²) in [6.07, 6.45) is 2.67. The molecule has 0 saturated carbocycles. The Bertz CT molecular complexity index is 808. The summed E-state index contributed by atoms with van der Waals surface area (Å²) in [4.78, 5) is 20.7. The smallest absolute Gasteiger partial charge is 0.258 e. The number of methoxy groups -OCH3 is 1. The van der Waals surface area contributed by atoms with Crippen LogP contribution in [0.3, 0.4) is 0 Å². The van der Waals surface area contributed by atoms with Gasteiger partial charge in [-0.1, -0.05) is 30.3 Å². The van der Waals surface area contributed by atoms with Crippen LogP contribution >= 0.6 is 0 Å². The molecule has 1 heterocycles. The van der Waals surface area contributed by atoms with Crippen molar-refractivity contribution in [3.63, 3.8) is 0 Å². The highest BCUT2D eigenvalue weighted by atomic mass is 16.5. The van der Waals surface area contributed by atoms with Crippen molar-refractivity contribution < 1.29 is 9.53 Å². The van der Waals surface area contributed by atoms with E-state index in [1.807, 2.05) is 42.5 Å². The molecule has 0 unspecified atom stereocenters. The van der Waals surface area contributed by atoms with Crippen LogP contribution in [0.2, 0.25) is 0 Å². The second-order valence-corrected chi connectivity index (χ2v) is 5.29. The van der Waals surface area contributed by atoms with Gasteiger partial charge in [-0.15, -0.1) is 0 Å². The Balaban J connectivity index is 1.65. The highest BCUT2D eigenvalue weighted by Crippen LogP contribution is 2.20. The van der Waals surface area contributed by atoms with E-state index in [9.17, 15) is 4.79 Å². The molecular weight excluding hydrogens is 316 g/mol. The molecule has 126 valence electrons. The molecule has 1 aromatic heterocycles. The number of aromatic nitrogens is 2. The summed E-state index contributed by atoms with van der Waals surface area (Å²) >= 11 is 0. The average molecular weight is 334 g/mol. The number of carbonyl (C=O) groups excluding carboxylic acids is 1. The van der Waals surface area contributed by atoms with Gasteiger partial charge < -0.3 is 15.4 Å². The third-order valence-corrected chi connectivity index (χ3v) is 3.55. The van der Waals surface area contributed by atoms with E-state index in [-0.39, 0.29) is 5.91 Å². The minimum Gasteiger partial charge on any atom is -0.367 e. The first-order chi connectivity index (χ1) is 12.3. The number of nitrogens with one attached hydrogen (secondary N) is 2. The normalized spacial score (nSPS) is 11.6. The second-order valence-electron chi connectivity index (χ2n) is 5.29. The lowest BCUT2D eigenvalue weighted by molar-refractivity contribution is -0.126. The Morgan fingerprint density at radius 3 is 2.20 bits per heavy atom. The minimum atomic E-state index is -0.656. The molecule has 0 aliphatic carbocycles. The Morgan fingerprint density at radius 2 is 1.56 bits per heavy atom. The van der Waals surface area contributed by atoms with E-state index in [0.717, 1.165) is 11.3 Å². The van der Waals surface area contributed by atoms with Crippen molar-refractivity contribution in [1.29, 1.82) is 0 Å². The van der Waals surface area contributed by atoms with Gasteiger partial charge >= 0.3 is 0 Å². The molecule has 3 rings (SSSR count). The topological polar surface area (TPSA) is 76.1 Å². The number of rotatable bonds is 6. The summed E-state index contributed by atoms with van der Waals surface area (Å²) < 4.78 is 5.33. The standard InChI is InChI=1S/C19H18N4O2/c1-25-17(14-6-3-2-4-7-14)18(24)22-15-8-10-16(11-9-15)23-19-20-12-5-13-21-19/h2-13,17H,1H3,(H,22,24)(H,20,21,23)/t17-/m1/s1. The molecule has 0 radical (unpaired) electrons. The van der Waals surface area contributed by atoms with Crippen LogP contribution in [0.25, 0.3) is 0 Å². The molecule has 2 aromatic carbocycles. The first-order valence-corrected chi connectivity index (χ1v) is 7.79. The zero-order valence-corrected chi connectivity index (χ0v) is 13.7. The summed E-state index contributed by atoms with van der Waals surface area (Å²) in [6, 6.07) is 18.4. The maximum Gasteiger partial charge on any atom is 0.258 e. The lowest BCUT2D eigenvalue weighted by Crippen LogP contribution is -2.22. The molecule has 1 amide bonds. The van der Waals surface area contributed by atoms with Crippen molar-refractivity contribution in [3.8, 4) is 0 Å². The van der Waals surface area contributed by atoms with Crippen LogP contribution in [0.4, 0.5) is 17.3 Å². The number of nitrogens with zero attached hydrogens (tertiary/aromatic N) is 2. The van der Waals surface area contributed by atoms with Crippen LogP contribution in [-0.4, -0.2) is 23.0 Å². The molecular formula is C19H18N4O2. The number of benzene rings is 2. The van der Waals surface area contributed by atoms with E-state index < -0.39 is 6.10 Å². The summed E-state index contributed by atoms with van der Waals surface area (Å²) in [6.45, 7) is 0. The highest BCUT2D eigenvalue weighted by Gasteiger charge is 2.19. The van der Waals surface area contributed by atoms with Crippen molar-refractivity contribution in [3.05, 3.63) is 78.6 Å². The molecule has 2 N–H and O–H groups in total. The van der Waals surface area contributed by atoms with Gasteiger partial charge in [0.2, 0.25) is 5.95 Å². The summed E-state index contributed by atoms with van der Waals surface area (Å²) in [5, 5.41) is 5.94. The number of carbonyl (C=O) groups is 1. The maximum absolute atomic E-state index is 12.4. The molecule has 0 aliphatic heterocycles. The van der Waals surface area contributed by atoms with E-state index in [0.29, 0.717) is 11.6 Å². The molecule has 3 aromatic rings. The van der Waals surface area contributed by atoms with E-state index in [1.165, 1.54) is 7.11 Å². The minimum absolute atomic E-state index is 0.221. The Kier molecular flexibility index (Phi) is 5.33. The lowest BCUT2D eigenvalue weighted by atomic mass is 10.1. The van der Waals surface area contributed by atoms with Crippen LogP contribution in [0.1, 0.15) is 11.7 Å². The van der Waals surface area contributed by atoms with E-state index in [1.54, 1.807) is 30.6 Å². The SMILES string of the molecule is CO[C@@H](C(=O)Nc1ccc(Nc2ncccn2)cc1)c1ccccc1. The van der Waals surface area contributed by atoms with Crippen molar-refractivity contribution >= 4 is 23.2 Å². The fourth-order valence-electron chi connectivity index (χ4n) is 2.36. The van der Waals surface area contributed by atoms with Crippen molar-refractivity contribution in [2.24, 2.45) is 0 Å². The fraction of sp³-hybridized carbons (Fsp3) is 0.105. The van der Waals surface area contributed by atoms with Gasteiger partial charge in [0.1, 0.15) is 0 Å². The molecule has 0 aliphatic rings. The second kappa shape index (κ2) is 8.03. The summed E-state index contributed by atoms with van der Waals surface area (Å²) in [5.74, 6) is 0.295. The van der Waals surface area contributed by atoms with Gasteiger partial charge in [-0.05, 0) is 35.9 Å². The summed E-state index contributed by atoms with van der Waals surface area (Å²) in [5.41, 5.74) is 2.32. The number of ether oxygens (including phenoxy) is 1. The zero-order chi connectivity index (χ0) is 17.5. The van der Waals surface area contributed by atoms with E-state index in [2.05, 4.69) is 20.6 Å². The molecule has 25 heavy (non-hydrogen) atoms. The molecule has 0 bridgehead atoms. The zero-order valence-electron chi connectivity index (χ0n) is 13.7. The van der Waals surface area contributed by atoms with Gasteiger partial charge in [-0.25, -0.2) is 9.97 Å². The van der Waals surface area contributed by atoms with Gasteiger partial charge in [0.25, 0.3) is 5.91 Å². The number of anilines is 3. The molecule has 0 spiro atoms. The van der Waals surface area contributed by atoms with Crippen molar-refractivity contribution in [2.75, 3.05) is 17.7 Å². The number of hydrogen-bond donors (Lipinski definition) is 2. The average Bonchev–Trinajstić information content (AvgIpc) is 2.66. The number of hydrogen-bond acceptors (Lipinski definition) is 5. The van der Waals surface area contributed by atoms with Gasteiger partial charge in [0.05, 0.1) is 0 Å². The van der Waals surface area contributed by atoms with Gasteiger partial charge in [0, 0.05) is 30.9 Å². The third-order valence-electron chi connectivity index (χ3n) is 3.55. The van der Waals surface area contributed by atoms with Crippen molar-refractivity contribution in [2.45, 2.75) is 6.10 Å². The largest absolute Gasteiger partial charge is 0.367 e.